The zero-order valence-electron chi connectivity index (χ0n) is 8.24. The van der Waals surface area contributed by atoms with Crippen molar-refractivity contribution in [2.75, 3.05) is 0 Å². The number of aromatic nitrogens is 1. The Hall–Kier alpha value is -0.410. The van der Waals surface area contributed by atoms with Crippen LogP contribution in [0, 0.1) is 11.3 Å². The van der Waals surface area contributed by atoms with Gasteiger partial charge in [0.2, 0.25) is 0 Å². The van der Waals surface area contributed by atoms with Gasteiger partial charge < -0.3 is 5.11 Å². The normalized spacial score (nSPS) is 29.7. The summed E-state index contributed by atoms with van der Waals surface area (Å²) in [5.74, 6) is 0.386. The average molecular weight is 197 g/mol. The minimum absolute atomic E-state index is 0.297. The fraction of sp³-hybridized carbons (Fsp3) is 0.700. The van der Waals surface area contributed by atoms with Gasteiger partial charge in [0.25, 0.3) is 0 Å². The van der Waals surface area contributed by atoms with E-state index in [1.165, 1.54) is 11.5 Å². The van der Waals surface area contributed by atoms with E-state index in [-0.39, 0.29) is 0 Å². The summed E-state index contributed by atoms with van der Waals surface area (Å²) in [5.41, 5.74) is 0.579. The molecule has 0 amide bonds. The molecule has 0 saturated heterocycles. The molecule has 0 aliphatic heterocycles. The van der Waals surface area contributed by atoms with Gasteiger partial charge in [-0.15, -0.1) is 0 Å². The topological polar surface area (TPSA) is 33.1 Å². The van der Waals surface area contributed by atoms with Gasteiger partial charge in [0.1, 0.15) is 0 Å². The summed E-state index contributed by atoms with van der Waals surface area (Å²) in [6, 6.07) is 0. The largest absolute Gasteiger partial charge is 0.385 e. The maximum atomic E-state index is 10.3. The SMILES string of the molecule is CC1(C)CC1C(C)(O)c1cnsc1. The Morgan fingerprint density at radius 2 is 2.31 bits per heavy atom. The molecule has 2 nitrogen and oxygen atoms in total. The van der Waals surface area contributed by atoms with Crippen molar-refractivity contribution in [1.29, 1.82) is 0 Å². The van der Waals surface area contributed by atoms with Crippen molar-refractivity contribution < 1.29 is 5.11 Å². The molecular formula is C10H15NOS. The zero-order chi connectivity index (χ0) is 9.69. The van der Waals surface area contributed by atoms with Gasteiger partial charge in [0, 0.05) is 17.1 Å². The average Bonchev–Trinajstić information content (AvgIpc) is 2.56. The molecule has 1 aliphatic rings. The van der Waals surface area contributed by atoms with Crippen LogP contribution >= 0.6 is 11.5 Å². The van der Waals surface area contributed by atoms with Gasteiger partial charge in [-0.25, -0.2) is 4.37 Å². The van der Waals surface area contributed by atoms with Crippen LogP contribution in [0.1, 0.15) is 32.8 Å². The standard InChI is InChI=1S/C10H15NOS/c1-9(2)4-8(9)10(3,12)7-5-11-13-6-7/h5-6,8,12H,4H2,1-3H3. The van der Waals surface area contributed by atoms with E-state index in [4.69, 9.17) is 0 Å². The maximum Gasteiger partial charge on any atom is 0.0925 e. The van der Waals surface area contributed by atoms with E-state index in [9.17, 15) is 5.11 Å². The monoisotopic (exact) mass is 197 g/mol. The Morgan fingerprint density at radius 1 is 1.69 bits per heavy atom. The molecule has 1 fully saturated rings. The van der Waals surface area contributed by atoms with E-state index < -0.39 is 5.60 Å². The van der Waals surface area contributed by atoms with Crippen LogP contribution in [0.5, 0.6) is 0 Å². The van der Waals surface area contributed by atoms with Crippen molar-refractivity contribution in [3.8, 4) is 0 Å². The predicted molar refractivity (Wildman–Crippen MR) is 53.6 cm³/mol. The van der Waals surface area contributed by atoms with Crippen molar-refractivity contribution in [2.24, 2.45) is 11.3 Å². The van der Waals surface area contributed by atoms with Gasteiger partial charge in [-0.2, -0.15) is 0 Å². The van der Waals surface area contributed by atoms with Gasteiger partial charge in [-0.05, 0) is 36.2 Å². The van der Waals surface area contributed by atoms with E-state index >= 15 is 0 Å². The molecule has 1 saturated carbocycles. The number of hydrogen-bond acceptors (Lipinski definition) is 3. The summed E-state index contributed by atoms with van der Waals surface area (Å²) >= 11 is 1.40. The number of rotatable bonds is 2. The molecule has 2 unspecified atom stereocenters. The van der Waals surface area contributed by atoms with Crippen molar-refractivity contribution in [3.05, 3.63) is 17.1 Å². The molecule has 1 heterocycles. The fourth-order valence-corrected chi connectivity index (χ4v) is 2.73. The van der Waals surface area contributed by atoms with Gasteiger partial charge in [0.15, 0.2) is 0 Å². The second-order valence-electron chi connectivity index (χ2n) is 4.81. The van der Waals surface area contributed by atoms with Crippen LogP contribution in [0.4, 0.5) is 0 Å². The molecule has 0 spiro atoms. The molecule has 0 aromatic carbocycles. The van der Waals surface area contributed by atoms with Crippen molar-refractivity contribution in [3.63, 3.8) is 0 Å². The van der Waals surface area contributed by atoms with Crippen molar-refractivity contribution in [1.82, 2.24) is 4.37 Å². The molecule has 2 atom stereocenters. The number of hydrogen-bond donors (Lipinski definition) is 1. The molecule has 1 aromatic heterocycles. The summed E-state index contributed by atoms with van der Waals surface area (Å²) < 4.78 is 4.03. The lowest BCUT2D eigenvalue weighted by atomic mass is 9.89. The van der Waals surface area contributed by atoms with Crippen LogP contribution in [0.3, 0.4) is 0 Å². The molecular weight excluding hydrogens is 182 g/mol. The minimum atomic E-state index is -0.684. The summed E-state index contributed by atoms with van der Waals surface area (Å²) in [5, 5.41) is 12.3. The van der Waals surface area contributed by atoms with Gasteiger partial charge in [-0.1, -0.05) is 13.8 Å². The lowest BCUT2D eigenvalue weighted by Crippen LogP contribution is -2.25. The Kier molecular flexibility index (Phi) is 1.79. The highest BCUT2D eigenvalue weighted by atomic mass is 32.1. The Labute approximate surface area is 82.8 Å². The van der Waals surface area contributed by atoms with Gasteiger partial charge in [0.05, 0.1) is 5.60 Å². The quantitative estimate of drug-likeness (QED) is 0.789. The molecule has 1 aromatic rings. The van der Waals surface area contributed by atoms with Crippen LogP contribution in [0.15, 0.2) is 11.6 Å². The molecule has 13 heavy (non-hydrogen) atoms. The highest BCUT2D eigenvalue weighted by Crippen LogP contribution is 2.60. The van der Waals surface area contributed by atoms with E-state index in [0.29, 0.717) is 11.3 Å². The first kappa shape index (κ1) is 9.16. The van der Waals surface area contributed by atoms with Crippen LogP contribution < -0.4 is 0 Å². The first-order valence-electron chi connectivity index (χ1n) is 4.57. The minimum Gasteiger partial charge on any atom is -0.385 e. The molecule has 72 valence electrons. The summed E-state index contributed by atoms with van der Waals surface area (Å²) in [6.07, 6.45) is 2.88. The molecule has 0 radical (unpaired) electrons. The first-order chi connectivity index (χ1) is 5.94. The summed E-state index contributed by atoms with van der Waals surface area (Å²) in [7, 11) is 0. The summed E-state index contributed by atoms with van der Waals surface area (Å²) in [4.78, 5) is 0. The van der Waals surface area contributed by atoms with Gasteiger partial charge >= 0.3 is 0 Å². The Morgan fingerprint density at radius 3 is 2.69 bits per heavy atom. The second kappa shape index (κ2) is 2.55. The lowest BCUT2D eigenvalue weighted by Gasteiger charge is -2.23. The molecule has 1 aliphatic carbocycles. The smallest absolute Gasteiger partial charge is 0.0925 e. The van der Waals surface area contributed by atoms with Crippen molar-refractivity contribution >= 4 is 11.5 Å². The molecule has 3 heteroatoms. The Bertz CT molecular complexity index is 303. The van der Waals surface area contributed by atoms with E-state index in [0.717, 1.165) is 12.0 Å². The van der Waals surface area contributed by atoms with Crippen LogP contribution in [-0.4, -0.2) is 9.48 Å². The van der Waals surface area contributed by atoms with Crippen LogP contribution in [-0.2, 0) is 5.60 Å². The highest BCUT2D eigenvalue weighted by molar-refractivity contribution is 7.03. The van der Waals surface area contributed by atoms with E-state index in [1.807, 2.05) is 12.3 Å². The summed E-state index contributed by atoms with van der Waals surface area (Å²) in [6.45, 7) is 6.30. The van der Waals surface area contributed by atoms with Crippen LogP contribution in [0.25, 0.3) is 0 Å². The maximum absolute atomic E-state index is 10.3. The lowest BCUT2D eigenvalue weighted by molar-refractivity contribution is 0.0211. The highest BCUT2D eigenvalue weighted by Gasteiger charge is 2.56. The third-order valence-electron chi connectivity index (χ3n) is 3.21. The fourth-order valence-electron chi connectivity index (χ4n) is 2.08. The first-order valence-corrected chi connectivity index (χ1v) is 5.40. The Balaban J connectivity index is 2.23. The van der Waals surface area contributed by atoms with Crippen LogP contribution in [0.2, 0.25) is 0 Å². The third-order valence-corrected chi connectivity index (χ3v) is 3.80. The van der Waals surface area contributed by atoms with E-state index in [1.54, 1.807) is 6.20 Å². The molecule has 0 bridgehead atoms. The third kappa shape index (κ3) is 1.40. The predicted octanol–water partition coefficient (Wildman–Crippen LogP) is 2.40. The van der Waals surface area contributed by atoms with E-state index in [2.05, 4.69) is 18.2 Å². The molecule has 1 N–H and O–H groups in total. The zero-order valence-corrected chi connectivity index (χ0v) is 9.06. The molecule has 2 rings (SSSR count). The number of nitrogens with zero attached hydrogens (tertiary/aromatic N) is 1. The second-order valence-corrected chi connectivity index (χ2v) is 5.46. The number of aliphatic hydroxyl groups is 1. The van der Waals surface area contributed by atoms with Crippen molar-refractivity contribution in [2.45, 2.75) is 32.8 Å². The van der Waals surface area contributed by atoms with Gasteiger partial charge in [-0.3, -0.25) is 0 Å².